The average molecular weight is 328 g/mol. The molecular formula is C18H24N4O2. The van der Waals surface area contributed by atoms with Crippen LogP contribution in [0.5, 0.6) is 5.75 Å². The van der Waals surface area contributed by atoms with Gasteiger partial charge in [-0.25, -0.2) is 0 Å². The maximum atomic E-state index is 12.4. The lowest BCUT2D eigenvalue weighted by atomic mass is 9.95. The Morgan fingerprint density at radius 2 is 2.33 bits per heavy atom. The lowest BCUT2D eigenvalue weighted by Crippen LogP contribution is -2.32. The molecule has 2 heterocycles. The number of amides is 1. The summed E-state index contributed by atoms with van der Waals surface area (Å²) in [6.45, 7) is 1.30. The molecule has 0 radical (unpaired) electrons. The minimum absolute atomic E-state index is 0.0325. The summed E-state index contributed by atoms with van der Waals surface area (Å²) in [5.41, 5.74) is 8.56. The number of nitrogens with two attached hydrogens (primary N) is 1. The summed E-state index contributed by atoms with van der Waals surface area (Å²) in [6, 6.07) is 7.92. The summed E-state index contributed by atoms with van der Waals surface area (Å²) < 4.78 is 5.28. The second-order valence-corrected chi connectivity index (χ2v) is 6.31. The first-order chi connectivity index (χ1) is 11.7. The highest BCUT2D eigenvalue weighted by molar-refractivity contribution is 5.76. The highest BCUT2D eigenvalue weighted by Gasteiger charge is 2.33. The highest BCUT2D eigenvalue weighted by atomic mass is 16.5. The molecule has 1 saturated heterocycles. The van der Waals surface area contributed by atoms with Crippen LogP contribution in [0.4, 0.5) is 0 Å². The van der Waals surface area contributed by atoms with E-state index in [1.165, 1.54) is 0 Å². The molecule has 1 aromatic carbocycles. The van der Waals surface area contributed by atoms with Crippen molar-refractivity contribution in [2.45, 2.75) is 31.2 Å². The number of aryl methyl sites for hydroxylation is 1. The van der Waals surface area contributed by atoms with Crippen molar-refractivity contribution in [2.24, 2.45) is 5.73 Å². The van der Waals surface area contributed by atoms with E-state index in [0.29, 0.717) is 19.5 Å². The van der Waals surface area contributed by atoms with Gasteiger partial charge in [-0.3, -0.25) is 9.89 Å². The summed E-state index contributed by atoms with van der Waals surface area (Å²) in [5, 5.41) is 6.71. The quantitative estimate of drug-likeness (QED) is 0.845. The van der Waals surface area contributed by atoms with Gasteiger partial charge in [0.1, 0.15) is 5.75 Å². The molecule has 1 aliphatic heterocycles. The fourth-order valence-electron chi connectivity index (χ4n) is 3.27. The third kappa shape index (κ3) is 3.76. The van der Waals surface area contributed by atoms with Crippen molar-refractivity contribution < 1.29 is 9.53 Å². The van der Waals surface area contributed by atoms with E-state index < -0.39 is 0 Å². The summed E-state index contributed by atoms with van der Waals surface area (Å²) >= 11 is 0. The van der Waals surface area contributed by atoms with Crippen molar-refractivity contribution in [3.63, 3.8) is 0 Å². The lowest BCUT2D eigenvalue weighted by Gasteiger charge is -2.17. The SMILES string of the molecule is COc1cccc(C2CN(C(=O)CCCc3cn[nH]c3)CC2N)c1. The molecule has 3 N–H and O–H groups in total. The topological polar surface area (TPSA) is 84.2 Å². The highest BCUT2D eigenvalue weighted by Crippen LogP contribution is 2.29. The standard InChI is InChI=1S/C18H24N4O2/c1-24-15-6-3-5-14(8-15)16-11-22(12-17(16)19)18(23)7-2-4-13-9-20-21-10-13/h3,5-6,8-10,16-17H,2,4,7,11-12,19H2,1H3,(H,20,21). The van der Waals surface area contributed by atoms with Crippen LogP contribution in [0.15, 0.2) is 36.7 Å². The molecule has 6 heteroatoms. The number of rotatable bonds is 6. The zero-order valence-corrected chi connectivity index (χ0v) is 13.9. The number of nitrogens with one attached hydrogen (secondary N) is 1. The lowest BCUT2D eigenvalue weighted by molar-refractivity contribution is -0.130. The maximum absolute atomic E-state index is 12.4. The third-order valence-electron chi connectivity index (χ3n) is 4.65. The Bertz CT molecular complexity index is 671. The summed E-state index contributed by atoms with van der Waals surface area (Å²) in [6.07, 6.45) is 5.90. The number of likely N-dealkylation sites (tertiary alicyclic amines) is 1. The van der Waals surface area contributed by atoms with Crippen molar-refractivity contribution in [1.82, 2.24) is 15.1 Å². The molecule has 0 bridgehead atoms. The van der Waals surface area contributed by atoms with Gasteiger partial charge in [0, 0.05) is 37.7 Å². The molecule has 0 aliphatic carbocycles. The number of ether oxygens (including phenoxy) is 1. The molecule has 3 rings (SSSR count). The fourth-order valence-corrected chi connectivity index (χ4v) is 3.27. The Balaban J connectivity index is 1.55. The first-order valence-corrected chi connectivity index (χ1v) is 8.32. The largest absolute Gasteiger partial charge is 0.497 e. The zero-order valence-electron chi connectivity index (χ0n) is 13.9. The predicted molar refractivity (Wildman–Crippen MR) is 91.8 cm³/mol. The molecule has 0 saturated carbocycles. The van der Waals surface area contributed by atoms with Crippen molar-refractivity contribution in [3.05, 3.63) is 47.8 Å². The van der Waals surface area contributed by atoms with Gasteiger partial charge >= 0.3 is 0 Å². The molecular weight excluding hydrogens is 304 g/mol. The number of H-pyrrole nitrogens is 1. The van der Waals surface area contributed by atoms with E-state index >= 15 is 0 Å². The molecule has 2 atom stereocenters. The van der Waals surface area contributed by atoms with Crippen LogP contribution in [0.2, 0.25) is 0 Å². The van der Waals surface area contributed by atoms with Gasteiger partial charge in [-0.15, -0.1) is 0 Å². The van der Waals surface area contributed by atoms with Crippen LogP contribution in [-0.2, 0) is 11.2 Å². The molecule has 2 aromatic rings. The molecule has 1 fully saturated rings. The van der Waals surface area contributed by atoms with E-state index in [2.05, 4.69) is 16.3 Å². The van der Waals surface area contributed by atoms with Gasteiger partial charge < -0.3 is 15.4 Å². The predicted octanol–water partition coefficient (Wildman–Crippen LogP) is 1.69. The second-order valence-electron chi connectivity index (χ2n) is 6.31. The minimum atomic E-state index is -0.0325. The van der Waals surface area contributed by atoms with Crippen LogP contribution in [0.25, 0.3) is 0 Å². The van der Waals surface area contributed by atoms with Crippen molar-refractivity contribution in [2.75, 3.05) is 20.2 Å². The maximum Gasteiger partial charge on any atom is 0.222 e. The Morgan fingerprint density at radius 3 is 3.08 bits per heavy atom. The number of aromatic amines is 1. The summed E-state index contributed by atoms with van der Waals surface area (Å²) in [5.74, 6) is 1.17. The van der Waals surface area contributed by atoms with Gasteiger partial charge in [0.05, 0.1) is 13.3 Å². The summed E-state index contributed by atoms with van der Waals surface area (Å²) in [7, 11) is 1.66. The molecule has 1 amide bonds. The van der Waals surface area contributed by atoms with Crippen LogP contribution in [-0.4, -0.2) is 47.2 Å². The van der Waals surface area contributed by atoms with Crippen molar-refractivity contribution in [3.8, 4) is 5.75 Å². The van der Waals surface area contributed by atoms with Crippen LogP contribution in [0.1, 0.15) is 29.9 Å². The molecule has 1 aromatic heterocycles. The number of hydrogen-bond acceptors (Lipinski definition) is 4. The van der Waals surface area contributed by atoms with Crippen molar-refractivity contribution in [1.29, 1.82) is 0 Å². The van der Waals surface area contributed by atoms with Crippen LogP contribution in [0.3, 0.4) is 0 Å². The number of carbonyl (C=O) groups is 1. The number of hydrogen-bond donors (Lipinski definition) is 2. The first kappa shape index (κ1) is 16.5. The van der Waals surface area contributed by atoms with E-state index in [1.54, 1.807) is 13.3 Å². The zero-order chi connectivity index (χ0) is 16.9. The van der Waals surface area contributed by atoms with Crippen LogP contribution in [0, 0.1) is 0 Å². The number of nitrogens with zero attached hydrogens (tertiary/aromatic N) is 2. The average Bonchev–Trinajstić information content (AvgIpc) is 3.24. The molecule has 128 valence electrons. The Hall–Kier alpha value is -2.34. The normalized spacial score (nSPS) is 20.3. The Labute approximate surface area is 142 Å². The van der Waals surface area contributed by atoms with E-state index in [-0.39, 0.29) is 17.9 Å². The van der Waals surface area contributed by atoms with E-state index in [4.69, 9.17) is 10.5 Å². The molecule has 24 heavy (non-hydrogen) atoms. The molecule has 6 nitrogen and oxygen atoms in total. The monoisotopic (exact) mass is 328 g/mol. The van der Waals surface area contributed by atoms with Gasteiger partial charge in [-0.05, 0) is 36.1 Å². The van der Waals surface area contributed by atoms with Gasteiger partial charge in [0.25, 0.3) is 0 Å². The molecule has 0 spiro atoms. The fraction of sp³-hybridized carbons (Fsp3) is 0.444. The third-order valence-corrected chi connectivity index (χ3v) is 4.65. The minimum Gasteiger partial charge on any atom is -0.497 e. The second kappa shape index (κ2) is 7.49. The Kier molecular flexibility index (Phi) is 5.15. The van der Waals surface area contributed by atoms with E-state index in [1.807, 2.05) is 29.3 Å². The van der Waals surface area contributed by atoms with E-state index in [0.717, 1.165) is 29.7 Å². The molecule has 1 aliphatic rings. The smallest absolute Gasteiger partial charge is 0.222 e. The number of carbonyl (C=O) groups excluding carboxylic acids is 1. The van der Waals surface area contributed by atoms with Gasteiger partial charge in [0.2, 0.25) is 5.91 Å². The van der Waals surface area contributed by atoms with Gasteiger partial charge in [0.15, 0.2) is 0 Å². The Morgan fingerprint density at radius 1 is 1.46 bits per heavy atom. The number of methoxy groups -OCH3 is 1. The number of aromatic nitrogens is 2. The van der Waals surface area contributed by atoms with Crippen molar-refractivity contribution >= 4 is 5.91 Å². The van der Waals surface area contributed by atoms with Gasteiger partial charge in [-0.2, -0.15) is 5.10 Å². The van der Waals surface area contributed by atoms with E-state index in [9.17, 15) is 4.79 Å². The number of benzene rings is 1. The van der Waals surface area contributed by atoms with Gasteiger partial charge in [-0.1, -0.05) is 12.1 Å². The summed E-state index contributed by atoms with van der Waals surface area (Å²) in [4.78, 5) is 14.3. The first-order valence-electron chi connectivity index (χ1n) is 8.32. The molecule has 2 unspecified atom stereocenters. The van der Waals surface area contributed by atoms with Crippen LogP contribution < -0.4 is 10.5 Å². The van der Waals surface area contributed by atoms with Crippen LogP contribution >= 0.6 is 0 Å².